The molecule has 6 heteroatoms. The predicted molar refractivity (Wildman–Crippen MR) is 141 cm³/mol. The zero-order chi connectivity index (χ0) is 25.2. The third-order valence-electron chi connectivity index (χ3n) is 5.73. The quantitative estimate of drug-likeness (QED) is 0.158. The van der Waals surface area contributed by atoms with Crippen molar-refractivity contribution in [2.24, 2.45) is 0 Å². The van der Waals surface area contributed by atoms with Crippen molar-refractivity contribution in [1.82, 2.24) is 5.32 Å². The van der Waals surface area contributed by atoms with Crippen molar-refractivity contribution < 1.29 is 18.7 Å². The molecular weight excluding hydrogens is 464 g/mol. The van der Waals surface area contributed by atoms with Crippen LogP contribution in [0.4, 0.5) is 8.78 Å². The molecule has 0 radical (unpaired) electrons. The molecule has 0 saturated heterocycles. The molecule has 0 spiro atoms. The molecule has 0 bridgehead atoms. The number of aliphatic carboxylic acids is 1. The summed E-state index contributed by atoms with van der Waals surface area (Å²) in [5.41, 5.74) is 6.00. The minimum Gasteiger partial charge on any atom is -0.481 e. The maximum Gasteiger partial charge on any atom is 0.304 e. The van der Waals surface area contributed by atoms with Crippen LogP contribution >= 0.6 is 11.8 Å². The monoisotopic (exact) mass is 495 g/mol. The maximum atomic E-state index is 13.9. The van der Waals surface area contributed by atoms with Crippen LogP contribution in [-0.4, -0.2) is 23.4 Å². The largest absolute Gasteiger partial charge is 0.481 e. The molecule has 3 rings (SSSR count). The van der Waals surface area contributed by atoms with Gasteiger partial charge in [-0.05, 0) is 90.1 Å². The van der Waals surface area contributed by atoms with Crippen LogP contribution < -0.4 is 5.32 Å². The second kappa shape index (κ2) is 13.2. The van der Waals surface area contributed by atoms with Gasteiger partial charge >= 0.3 is 5.97 Å². The van der Waals surface area contributed by atoms with E-state index in [0.717, 1.165) is 39.8 Å². The van der Waals surface area contributed by atoms with Crippen LogP contribution in [0.1, 0.15) is 47.1 Å². The van der Waals surface area contributed by atoms with E-state index in [-0.39, 0.29) is 6.42 Å². The molecule has 0 fully saturated rings. The fourth-order valence-corrected chi connectivity index (χ4v) is 4.53. The summed E-state index contributed by atoms with van der Waals surface area (Å²) in [5.74, 6) is -1.08. The summed E-state index contributed by atoms with van der Waals surface area (Å²) in [6, 6.07) is 18.1. The Morgan fingerprint density at radius 2 is 1.66 bits per heavy atom. The van der Waals surface area contributed by atoms with Gasteiger partial charge in [0.25, 0.3) is 0 Å². The highest BCUT2D eigenvalue weighted by Crippen LogP contribution is 2.28. The highest BCUT2D eigenvalue weighted by atomic mass is 32.2. The van der Waals surface area contributed by atoms with Gasteiger partial charge in [-0.15, -0.1) is 11.8 Å². The summed E-state index contributed by atoms with van der Waals surface area (Å²) >= 11 is 1.74. The number of nitrogens with one attached hydrogen (secondary N) is 1. The van der Waals surface area contributed by atoms with Crippen LogP contribution in [0.3, 0.4) is 0 Å². The molecule has 0 aliphatic carbocycles. The highest BCUT2D eigenvalue weighted by Gasteiger charge is 2.08. The Morgan fingerprint density at radius 3 is 2.31 bits per heavy atom. The molecule has 0 unspecified atom stereocenters. The van der Waals surface area contributed by atoms with E-state index >= 15 is 0 Å². The third-order valence-corrected chi connectivity index (χ3v) is 6.83. The Hall–Kier alpha value is -2.96. The van der Waals surface area contributed by atoms with E-state index in [1.807, 2.05) is 24.3 Å². The third kappa shape index (κ3) is 8.96. The van der Waals surface area contributed by atoms with Crippen LogP contribution in [0.15, 0.2) is 65.6 Å². The smallest absolute Gasteiger partial charge is 0.304 e. The number of carboxylic acid groups (broad SMARTS) is 1. The Morgan fingerprint density at radius 1 is 0.943 bits per heavy atom. The van der Waals surface area contributed by atoms with Gasteiger partial charge in [-0.2, -0.15) is 0 Å². The van der Waals surface area contributed by atoms with E-state index in [4.69, 9.17) is 5.11 Å². The first-order valence-corrected chi connectivity index (χ1v) is 12.7. The lowest BCUT2D eigenvalue weighted by molar-refractivity contribution is -0.136. The van der Waals surface area contributed by atoms with Gasteiger partial charge < -0.3 is 10.4 Å². The number of carbonyl (C=O) groups is 1. The fraction of sp³-hybridized carbons (Fsp3) is 0.276. The molecule has 35 heavy (non-hydrogen) atoms. The maximum absolute atomic E-state index is 13.9. The summed E-state index contributed by atoms with van der Waals surface area (Å²) in [7, 11) is 0. The number of rotatable bonds is 12. The molecule has 3 aromatic carbocycles. The SMILES string of the molecule is Cc1ccc(/C=C(/CCCSc2ccc(CNCCC(=O)O)cc2)c2cc(F)cc(F)c2)cc1C. The number of hydrogen-bond donors (Lipinski definition) is 2. The lowest BCUT2D eigenvalue weighted by Crippen LogP contribution is -2.17. The van der Waals surface area contributed by atoms with Crippen LogP contribution in [0, 0.1) is 25.5 Å². The van der Waals surface area contributed by atoms with E-state index < -0.39 is 17.6 Å². The van der Waals surface area contributed by atoms with Crippen LogP contribution in [0.5, 0.6) is 0 Å². The van der Waals surface area contributed by atoms with Gasteiger partial charge in [-0.3, -0.25) is 4.79 Å². The van der Waals surface area contributed by atoms with Crippen molar-refractivity contribution in [2.75, 3.05) is 12.3 Å². The van der Waals surface area contributed by atoms with Gasteiger partial charge in [0.2, 0.25) is 0 Å². The molecule has 0 atom stereocenters. The molecular formula is C29H31F2NO2S. The van der Waals surface area contributed by atoms with Crippen molar-refractivity contribution in [3.05, 3.63) is 100 Å². The first-order chi connectivity index (χ1) is 16.8. The van der Waals surface area contributed by atoms with E-state index in [0.29, 0.717) is 25.1 Å². The standard InChI is InChI=1S/C29H31F2NO2S/c1-20-5-6-23(14-21(20)2)15-24(25-16-26(30)18-27(31)17-25)4-3-13-35-28-9-7-22(8-10-28)19-32-12-11-29(33)34/h5-10,14-18,32H,3-4,11-13,19H2,1-2H3,(H,33,34)/b24-15-. The summed E-state index contributed by atoms with van der Waals surface area (Å²) in [5, 5.41) is 11.8. The molecule has 0 aliphatic heterocycles. The molecule has 184 valence electrons. The fourth-order valence-electron chi connectivity index (χ4n) is 3.68. The summed E-state index contributed by atoms with van der Waals surface area (Å²) in [4.78, 5) is 11.7. The molecule has 3 aromatic rings. The second-order valence-corrected chi connectivity index (χ2v) is 9.76. The zero-order valence-corrected chi connectivity index (χ0v) is 20.9. The van der Waals surface area contributed by atoms with Crippen molar-refractivity contribution in [3.8, 4) is 0 Å². The van der Waals surface area contributed by atoms with Gasteiger partial charge in [-0.25, -0.2) is 8.78 Å². The van der Waals surface area contributed by atoms with E-state index in [1.165, 1.54) is 23.3 Å². The summed E-state index contributed by atoms with van der Waals surface area (Å²) in [6.45, 7) is 5.20. The van der Waals surface area contributed by atoms with Crippen LogP contribution in [0.2, 0.25) is 0 Å². The van der Waals surface area contributed by atoms with Gasteiger partial charge in [0.15, 0.2) is 0 Å². The molecule has 3 nitrogen and oxygen atoms in total. The van der Waals surface area contributed by atoms with Crippen molar-refractivity contribution in [1.29, 1.82) is 0 Å². The number of halogens is 2. The number of allylic oxidation sites excluding steroid dienone is 1. The lowest BCUT2D eigenvalue weighted by atomic mass is 9.97. The predicted octanol–water partition coefficient (Wildman–Crippen LogP) is 7.26. The zero-order valence-electron chi connectivity index (χ0n) is 20.1. The van der Waals surface area contributed by atoms with Crippen LogP contribution in [0.25, 0.3) is 11.6 Å². The lowest BCUT2D eigenvalue weighted by Gasteiger charge is -2.11. The number of hydrogen-bond acceptors (Lipinski definition) is 3. The minimum absolute atomic E-state index is 0.107. The Bertz CT molecular complexity index is 1160. The summed E-state index contributed by atoms with van der Waals surface area (Å²) < 4.78 is 27.8. The number of benzene rings is 3. The first-order valence-electron chi connectivity index (χ1n) is 11.7. The van der Waals surface area contributed by atoms with Crippen molar-refractivity contribution in [2.45, 2.75) is 44.6 Å². The molecule has 0 aromatic heterocycles. The molecule has 0 aliphatic rings. The minimum atomic E-state index is -0.807. The van der Waals surface area contributed by atoms with Gasteiger partial charge in [0.1, 0.15) is 11.6 Å². The normalized spacial score (nSPS) is 11.6. The van der Waals surface area contributed by atoms with E-state index in [2.05, 4.69) is 43.4 Å². The highest BCUT2D eigenvalue weighted by molar-refractivity contribution is 7.99. The molecule has 0 heterocycles. The number of thioether (sulfide) groups is 1. The molecule has 0 amide bonds. The summed E-state index contributed by atoms with van der Waals surface area (Å²) in [6.07, 6.45) is 3.69. The Balaban J connectivity index is 1.60. The number of carboxylic acids is 1. The van der Waals surface area contributed by atoms with Gasteiger partial charge in [0.05, 0.1) is 6.42 Å². The van der Waals surface area contributed by atoms with Crippen LogP contribution in [-0.2, 0) is 11.3 Å². The second-order valence-electron chi connectivity index (χ2n) is 8.59. The number of aryl methyl sites for hydroxylation is 2. The molecule has 0 saturated carbocycles. The Labute approximate surface area is 210 Å². The molecule has 2 N–H and O–H groups in total. The average Bonchev–Trinajstić information content (AvgIpc) is 2.81. The van der Waals surface area contributed by atoms with Gasteiger partial charge in [0, 0.05) is 24.1 Å². The first kappa shape index (κ1) is 26.6. The van der Waals surface area contributed by atoms with Gasteiger partial charge in [-0.1, -0.05) is 36.4 Å². The van der Waals surface area contributed by atoms with E-state index in [9.17, 15) is 13.6 Å². The topological polar surface area (TPSA) is 49.3 Å². The van der Waals surface area contributed by atoms with Crippen molar-refractivity contribution >= 4 is 29.4 Å². The van der Waals surface area contributed by atoms with Crippen molar-refractivity contribution in [3.63, 3.8) is 0 Å². The Kier molecular flexibility index (Phi) is 10.1. The average molecular weight is 496 g/mol. The van der Waals surface area contributed by atoms with E-state index in [1.54, 1.807) is 11.8 Å².